The van der Waals surface area contributed by atoms with Crippen LogP contribution in [-0.4, -0.2) is 47.5 Å². The van der Waals surface area contributed by atoms with E-state index >= 15 is 0 Å². The molecule has 0 aliphatic carbocycles. The molecule has 4 heteroatoms. The lowest BCUT2D eigenvalue weighted by molar-refractivity contribution is 0.180. The van der Waals surface area contributed by atoms with Crippen molar-refractivity contribution in [3.8, 4) is 0 Å². The van der Waals surface area contributed by atoms with Crippen LogP contribution < -0.4 is 0 Å². The fourth-order valence-corrected chi connectivity index (χ4v) is 1.26. The highest BCUT2D eigenvalue weighted by Crippen LogP contribution is 2.13. The highest BCUT2D eigenvalue weighted by molar-refractivity contribution is 5.85. The van der Waals surface area contributed by atoms with Crippen molar-refractivity contribution in [2.45, 2.75) is 18.6 Å². The maximum atomic E-state index is 9.05. The number of likely N-dealkylation sites (tertiary alicyclic amines) is 1. The second kappa shape index (κ2) is 4.13. The van der Waals surface area contributed by atoms with Crippen LogP contribution in [-0.2, 0) is 0 Å². The van der Waals surface area contributed by atoms with Crippen molar-refractivity contribution in [2.75, 3.05) is 20.2 Å². The molecule has 2 N–H and O–H groups in total. The Kier molecular flexibility index (Phi) is 4.20. The van der Waals surface area contributed by atoms with E-state index in [9.17, 15) is 0 Å². The molecule has 0 radical (unpaired) electrons. The molecule has 0 amide bonds. The fraction of sp³-hybridized carbons (Fsp3) is 1.00. The van der Waals surface area contributed by atoms with Gasteiger partial charge in [0, 0.05) is 12.6 Å². The lowest BCUT2D eigenvalue weighted by Crippen LogP contribution is -2.27. The molecular formula is C6H14ClNO2. The second-order valence-corrected chi connectivity index (χ2v) is 2.67. The van der Waals surface area contributed by atoms with E-state index in [4.69, 9.17) is 10.2 Å². The van der Waals surface area contributed by atoms with Gasteiger partial charge in [-0.05, 0) is 13.5 Å². The summed E-state index contributed by atoms with van der Waals surface area (Å²) in [7, 11) is 1.91. The van der Waals surface area contributed by atoms with E-state index in [0.717, 1.165) is 0 Å². The average molecular weight is 168 g/mol. The number of hydrogen-bond donors (Lipinski definition) is 2. The summed E-state index contributed by atoms with van der Waals surface area (Å²) in [5, 5.41) is 17.7. The van der Waals surface area contributed by atoms with Gasteiger partial charge in [-0.25, -0.2) is 0 Å². The van der Waals surface area contributed by atoms with Crippen LogP contribution in [0.15, 0.2) is 0 Å². The third kappa shape index (κ3) is 2.09. The van der Waals surface area contributed by atoms with Crippen molar-refractivity contribution in [2.24, 2.45) is 0 Å². The lowest BCUT2D eigenvalue weighted by Gasteiger charge is -2.14. The van der Waals surface area contributed by atoms with Gasteiger partial charge in [0.15, 0.2) is 0 Å². The smallest absolute Gasteiger partial charge is 0.0682 e. The predicted octanol–water partition coefficient (Wildman–Crippen LogP) is -0.535. The zero-order valence-electron chi connectivity index (χ0n) is 6.03. The molecule has 3 nitrogen and oxygen atoms in total. The maximum Gasteiger partial charge on any atom is 0.0682 e. The van der Waals surface area contributed by atoms with E-state index in [1.165, 1.54) is 0 Å². The molecule has 2 atom stereocenters. The first-order chi connectivity index (χ1) is 4.24. The number of nitrogens with zero attached hydrogens (tertiary/aromatic N) is 1. The van der Waals surface area contributed by atoms with Crippen molar-refractivity contribution in [3.63, 3.8) is 0 Å². The molecule has 1 heterocycles. The minimum absolute atomic E-state index is 0. The number of halogens is 1. The van der Waals surface area contributed by atoms with Crippen LogP contribution in [0.5, 0.6) is 0 Å². The van der Waals surface area contributed by atoms with E-state index in [0.29, 0.717) is 13.0 Å². The third-order valence-electron chi connectivity index (χ3n) is 1.88. The zero-order chi connectivity index (χ0) is 6.85. The van der Waals surface area contributed by atoms with Crippen molar-refractivity contribution in [1.29, 1.82) is 0 Å². The summed E-state index contributed by atoms with van der Waals surface area (Å²) < 4.78 is 0. The quantitative estimate of drug-likeness (QED) is 0.552. The average Bonchev–Trinajstić information content (AvgIpc) is 2.10. The number of aliphatic hydroxyl groups excluding tert-OH is 2. The van der Waals surface area contributed by atoms with Crippen LogP contribution in [0.4, 0.5) is 0 Å². The van der Waals surface area contributed by atoms with Crippen LogP contribution in [0.25, 0.3) is 0 Å². The number of hydrogen-bond acceptors (Lipinski definition) is 3. The molecular weight excluding hydrogens is 154 g/mol. The van der Waals surface area contributed by atoms with Gasteiger partial charge in [0.1, 0.15) is 0 Å². The number of rotatable bonds is 1. The normalized spacial score (nSPS) is 33.9. The fourth-order valence-electron chi connectivity index (χ4n) is 1.26. The minimum atomic E-state index is -0.229. The highest BCUT2D eigenvalue weighted by atomic mass is 35.5. The van der Waals surface area contributed by atoms with Crippen molar-refractivity contribution < 1.29 is 10.2 Å². The van der Waals surface area contributed by atoms with Gasteiger partial charge >= 0.3 is 0 Å². The molecule has 10 heavy (non-hydrogen) atoms. The van der Waals surface area contributed by atoms with Gasteiger partial charge in [-0.15, -0.1) is 12.4 Å². The number of likely N-dealkylation sites (N-methyl/N-ethyl adjacent to an activating group) is 1. The Bertz CT molecular complexity index is 102. The number of β-amino-alcohol motifs (C(OH)–C–C–N with tert-alkyl or cyclic N) is 1. The molecule has 0 aromatic carbocycles. The molecule has 0 bridgehead atoms. The van der Waals surface area contributed by atoms with Crippen LogP contribution in [0.3, 0.4) is 0 Å². The molecule has 0 aromatic heterocycles. The van der Waals surface area contributed by atoms with E-state index in [-0.39, 0.29) is 31.2 Å². The molecule has 0 saturated carbocycles. The second-order valence-electron chi connectivity index (χ2n) is 2.67. The molecule has 1 saturated heterocycles. The monoisotopic (exact) mass is 167 g/mol. The predicted molar refractivity (Wildman–Crippen MR) is 41.4 cm³/mol. The molecule has 62 valence electrons. The standard InChI is InChI=1S/C6H13NO2.ClH/c1-7-3-6(9)2-5(7)4-8;/h5-6,8-9H,2-4H2,1H3;1H. The largest absolute Gasteiger partial charge is 0.395 e. The van der Waals surface area contributed by atoms with E-state index < -0.39 is 0 Å². The summed E-state index contributed by atoms with van der Waals surface area (Å²) in [6.45, 7) is 0.860. The van der Waals surface area contributed by atoms with Crippen molar-refractivity contribution in [3.05, 3.63) is 0 Å². The van der Waals surface area contributed by atoms with Crippen molar-refractivity contribution >= 4 is 12.4 Å². The Hall–Kier alpha value is 0.170. The summed E-state index contributed by atoms with van der Waals surface area (Å²) in [5.74, 6) is 0. The first-order valence-electron chi connectivity index (χ1n) is 3.23. The summed E-state index contributed by atoms with van der Waals surface area (Å²) in [6.07, 6.45) is 0.486. The third-order valence-corrected chi connectivity index (χ3v) is 1.88. The lowest BCUT2D eigenvalue weighted by atomic mass is 10.2. The summed E-state index contributed by atoms with van der Waals surface area (Å²) in [5.41, 5.74) is 0. The highest BCUT2D eigenvalue weighted by Gasteiger charge is 2.26. The number of aliphatic hydroxyl groups is 2. The van der Waals surface area contributed by atoms with Crippen LogP contribution >= 0.6 is 12.4 Å². The Labute approximate surface area is 67.1 Å². The molecule has 1 rings (SSSR count). The molecule has 1 aliphatic heterocycles. The maximum absolute atomic E-state index is 9.05. The van der Waals surface area contributed by atoms with Crippen LogP contribution in [0.2, 0.25) is 0 Å². The Morgan fingerprint density at radius 1 is 1.60 bits per heavy atom. The van der Waals surface area contributed by atoms with Gasteiger partial charge in [0.25, 0.3) is 0 Å². The van der Waals surface area contributed by atoms with Gasteiger partial charge in [-0.3, -0.25) is 4.90 Å². The molecule has 0 spiro atoms. The SMILES string of the molecule is CN1CC(O)CC1CO.Cl. The van der Waals surface area contributed by atoms with E-state index in [1.807, 2.05) is 11.9 Å². The topological polar surface area (TPSA) is 43.7 Å². The summed E-state index contributed by atoms with van der Waals surface area (Å²) in [4.78, 5) is 1.98. The molecule has 2 unspecified atom stereocenters. The molecule has 1 fully saturated rings. The zero-order valence-corrected chi connectivity index (χ0v) is 6.84. The Morgan fingerprint density at radius 2 is 2.20 bits per heavy atom. The van der Waals surface area contributed by atoms with Crippen LogP contribution in [0.1, 0.15) is 6.42 Å². The van der Waals surface area contributed by atoms with Gasteiger partial charge in [0.05, 0.1) is 12.7 Å². The van der Waals surface area contributed by atoms with Gasteiger partial charge < -0.3 is 10.2 Å². The summed E-state index contributed by atoms with van der Waals surface area (Å²) >= 11 is 0. The minimum Gasteiger partial charge on any atom is -0.395 e. The van der Waals surface area contributed by atoms with Crippen molar-refractivity contribution in [1.82, 2.24) is 4.90 Å². The van der Waals surface area contributed by atoms with Gasteiger partial charge in [0.2, 0.25) is 0 Å². The summed E-state index contributed by atoms with van der Waals surface area (Å²) in [6, 6.07) is 0.181. The van der Waals surface area contributed by atoms with E-state index in [2.05, 4.69) is 0 Å². The van der Waals surface area contributed by atoms with Gasteiger partial charge in [-0.2, -0.15) is 0 Å². The molecule has 1 aliphatic rings. The van der Waals surface area contributed by atoms with E-state index in [1.54, 1.807) is 0 Å². The Balaban J connectivity index is 0.000000810. The first kappa shape index (κ1) is 10.2. The molecule has 0 aromatic rings. The van der Waals surface area contributed by atoms with Crippen LogP contribution in [0, 0.1) is 0 Å². The van der Waals surface area contributed by atoms with Gasteiger partial charge in [-0.1, -0.05) is 0 Å². The first-order valence-corrected chi connectivity index (χ1v) is 3.23. The Morgan fingerprint density at radius 3 is 2.40 bits per heavy atom.